The number of sulfonamides is 1. The Morgan fingerprint density at radius 1 is 0.941 bits per heavy atom. The molecule has 2 aromatic carbocycles. The van der Waals surface area contributed by atoms with Crippen LogP contribution in [-0.4, -0.2) is 48.9 Å². The highest BCUT2D eigenvalue weighted by atomic mass is 35.5. The van der Waals surface area contributed by atoms with E-state index in [0.717, 1.165) is 12.1 Å². The zero-order chi connectivity index (χ0) is 24.7. The zero-order valence-corrected chi connectivity index (χ0v) is 20.2. The number of halogens is 5. The van der Waals surface area contributed by atoms with Crippen molar-refractivity contribution in [1.82, 2.24) is 14.3 Å². The molecular formula is C22H19Cl2F3N4O2S. The highest BCUT2D eigenvalue weighted by molar-refractivity contribution is 7.89. The van der Waals surface area contributed by atoms with Crippen LogP contribution < -0.4 is 4.90 Å². The van der Waals surface area contributed by atoms with Crippen molar-refractivity contribution >= 4 is 39.0 Å². The van der Waals surface area contributed by atoms with Crippen LogP contribution in [-0.2, 0) is 16.2 Å². The van der Waals surface area contributed by atoms with Gasteiger partial charge in [-0.05, 0) is 37.3 Å². The van der Waals surface area contributed by atoms with E-state index in [1.54, 1.807) is 13.0 Å². The van der Waals surface area contributed by atoms with Crippen molar-refractivity contribution in [2.45, 2.75) is 18.0 Å². The van der Waals surface area contributed by atoms with Crippen molar-refractivity contribution in [3.05, 3.63) is 69.8 Å². The standard InChI is InChI=1S/C22H19Cl2F3N4O2S/c1-14-11-20(29-21(28-14)15-3-2-4-16(12-15)22(25,26)27)30-7-9-31(10-8-30)34(32,33)19-13-17(23)5-6-18(19)24/h2-6,11-13H,7-10H2,1H3. The number of aryl methyl sites for hydroxylation is 1. The van der Waals surface area contributed by atoms with Crippen molar-refractivity contribution in [3.8, 4) is 11.4 Å². The molecule has 0 atom stereocenters. The lowest BCUT2D eigenvalue weighted by atomic mass is 10.1. The summed E-state index contributed by atoms with van der Waals surface area (Å²) in [6.45, 7) is 2.73. The van der Waals surface area contributed by atoms with E-state index in [0.29, 0.717) is 24.6 Å². The number of hydrogen-bond acceptors (Lipinski definition) is 5. The third-order valence-corrected chi connectivity index (χ3v) is 7.98. The first-order valence-corrected chi connectivity index (χ1v) is 12.4. The Labute approximate surface area is 205 Å². The molecule has 1 saturated heterocycles. The van der Waals surface area contributed by atoms with Crippen LogP contribution >= 0.6 is 23.2 Å². The molecule has 180 valence electrons. The average molecular weight is 531 g/mol. The third-order valence-electron chi connectivity index (χ3n) is 5.36. The summed E-state index contributed by atoms with van der Waals surface area (Å²) in [4.78, 5) is 10.6. The van der Waals surface area contributed by atoms with Crippen LogP contribution in [0.15, 0.2) is 53.4 Å². The van der Waals surface area contributed by atoms with Gasteiger partial charge in [-0.2, -0.15) is 17.5 Å². The van der Waals surface area contributed by atoms with Gasteiger partial charge in [0.05, 0.1) is 10.6 Å². The quantitative estimate of drug-likeness (QED) is 0.458. The summed E-state index contributed by atoms with van der Waals surface area (Å²) >= 11 is 12.0. The molecule has 2 heterocycles. The van der Waals surface area contributed by atoms with Crippen LogP contribution in [0.25, 0.3) is 11.4 Å². The van der Waals surface area contributed by atoms with Gasteiger partial charge in [-0.15, -0.1) is 0 Å². The number of hydrogen-bond donors (Lipinski definition) is 0. The van der Waals surface area contributed by atoms with Gasteiger partial charge in [0.15, 0.2) is 5.82 Å². The summed E-state index contributed by atoms with van der Waals surface area (Å²) in [6, 6.07) is 10.8. The summed E-state index contributed by atoms with van der Waals surface area (Å²) in [5.41, 5.74) is 0.0462. The lowest BCUT2D eigenvalue weighted by Crippen LogP contribution is -2.49. The van der Waals surface area contributed by atoms with Gasteiger partial charge in [0.1, 0.15) is 10.7 Å². The third kappa shape index (κ3) is 5.14. The minimum Gasteiger partial charge on any atom is -0.354 e. The van der Waals surface area contributed by atoms with E-state index in [-0.39, 0.29) is 39.4 Å². The Morgan fingerprint density at radius 3 is 2.32 bits per heavy atom. The van der Waals surface area contributed by atoms with Crippen molar-refractivity contribution in [3.63, 3.8) is 0 Å². The minimum absolute atomic E-state index is 0.0557. The van der Waals surface area contributed by atoms with E-state index >= 15 is 0 Å². The molecule has 0 N–H and O–H groups in total. The van der Waals surface area contributed by atoms with Crippen LogP contribution in [0.4, 0.5) is 19.0 Å². The summed E-state index contributed by atoms with van der Waals surface area (Å²) < 4.78 is 66.8. The predicted octanol–water partition coefficient (Wildman–Crippen LogP) is 5.29. The smallest absolute Gasteiger partial charge is 0.354 e. The van der Waals surface area contributed by atoms with Crippen molar-refractivity contribution in [2.24, 2.45) is 0 Å². The van der Waals surface area contributed by atoms with Gasteiger partial charge < -0.3 is 4.90 Å². The highest BCUT2D eigenvalue weighted by Gasteiger charge is 2.32. The molecule has 0 bridgehead atoms. The molecule has 1 aromatic heterocycles. The van der Waals surface area contributed by atoms with E-state index in [2.05, 4.69) is 9.97 Å². The van der Waals surface area contributed by atoms with Crippen LogP contribution in [0.3, 0.4) is 0 Å². The molecule has 34 heavy (non-hydrogen) atoms. The molecule has 0 unspecified atom stereocenters. The molecule has 1 aliphatic rings. The molecule has 0 aliphatic carbocycles. The van der Waals surface area contributed by atoms with Crippen LogP contribution in [0.5, 0.6) is 0 Å². The SMILES string of the molecule is Cc1cc(N2CCN(S(=O)(=O)c3cc(Cl)ccc3Cl)CC2)nc(-c2cccc(C(F)(F)F)c2)n1. The van der Waals surface area contributed by atoms with E-state index in [1.165, 1.54) is 34.6 Å². The molecule has 0 radical (unpaired) electrons. The molecule has 6 nitrogen and oxygen atoms in total. The molecule has 0 spiro atoms. The Hall–Kier alpha value is -2.40. The van der Waals surface area contributed by atoms with Crippen LogP contribution in [0.2, 0.25) is 10.0 Å². The second-order valence-corrected chi connectivity index (χ2v) is 10.5. The summed E-state index contributed by atoms with van der Waals surface area (Å²) in [6.07, 6.45) is -4.48. The monoisotopic (exact) mass is 530 g/mol. The number of benzene rings is 2. The summed E-state index contributed by atoms with van der Waals surface area (Å²) in [5.74, 6) is 0.680. The summed E-state index contributed by atoms with van der Waals surface area (Å²) in [5, 5.41) is 0.351. The predicted molar refractivity (Wildman–Crippen MR) is 125 cm³/mol. The van der Waals surface area contributed by atoms with Crippen molar-refractivity contribution in [1.29, 1.82) is 0 Å². The van der Waals surface area contributed by atoms with E-state index < -0.39 is 21.8 Å². The normalized spacial score (nSPS) is 15.5. The number of anilines is 1. The van der Waals surface area contributed by atoms with Crippen LogP contribution in [0.1, 0.15) is 11.3 Å². The van der Waals surface area contributed by atoms with Gasteiger partial charge in [-0.1, -0.05) is 35.3 Å². The molecule has 3 aromatic rings. The second kappa shape index (κ2) is 9.33. The Balaban J connectivity index is 1.56. The second-order valence-electron chi connectivity index (χ2n) is 7.74. The Morgan fingerprint density at radius 2 is 1.65 bits per heavy atom. The van der Waals surface area contributed by atoms with E-state index in [4.69, 9.17) is 23.2 Å². The van der Waals surface area contributed by atoms with Gasteiger partial charge in [0.2, 0.25) is 10.0 Å². The zero-order valence-electron chi connectivity index (χ0n) is 17.9. The molecule has 12 heteroatoms. The number of alkyl halides is 3. The fourth-order valence-corrected chi connectivity index (χ4v) is 5.81. The van der Waals surface area contributed by atoms with Crippen LogP contribution in [0, 0.1) is 6.92 Å². The first-order chi connectivity index (χ1) is 15.9. The molecule has 4 rings (SSSR count). The van der Waals surface area contributed by atoms with Gasteiger partial charge in [-0.25, -0.2) is 18.4 Å². The molecule has 1 fully saturated rings. The maximum Gasteiger partial charge on any atom is 0.416 e. The fraction of sp³-hybridized carbons (Fsp3) is 0.273. The van der Waals surface area contributed by atoms with Crippen molar-refractivity contribution < 1.29 is 21.6 Å². The summed E-state index contributed by atoms with van der Waals surface area (Å²) in [7, 11) is -3.85. The number of piperazine rings is 1. The molecular weight excluding hydrogens is 512 g/mol. The van der Waals surface area contributed by atoms with E-state index in [9.17, 15) is 21.6 Å². The van der Waals surface area contributed by atoms with Gasteiger partial charge >= 0.3 is 6.18 Å². The molecule has 0 saturated carbocycles. The number of rotatable bonds is 4. The average Bonchev–Trinajstić information content (AvgIpc) is 2.80. The molecule has 1 aliphatic heterocycles. The maximum atomic E-state index is 13.1. The van der Waals surface area contributed by atoms with Crippen molar-refractivity contribution in [2.75, 3.05) is 31.1 Å². The van der Waals surface area contributed by atoms with Gasteiger partial charge in [-0.3, -0.25) is 0 Å². The Bertz CT molecular complexity index is 1330. The number of aromatic nitrogens is 2. The largest absolute Gasteiger partial charge is 0.416 e. The molecule has 0 amide bonds. The lowest BCUT2D eigenvalue weighted by molar-refractivity contribution is -0.137. The van der Waals surface area contributed by atoms with Gasteiger partial charge in [0.25, 0.3) is 0 Å². The number of nitrogens with zero attached hydrogens (tertiary/aromatic N) is 4. The first-order valence-electron chi connectivity index (χ1n) is 10.2. The van der Waals surface area contributed by atoms with Gasteiger partial charge in [0, 0.05) is 48.5 Å². The fourth-order valence-electron chi connectivity index (χ4n) is 3.65. The maximum absolute atomic E-state index is 13.1. The first kappa shape index (κ1) is 24.7. The highest BCUT2D eigenvalue weighted by Crippen LogP contribution is 2.32. The Kier molecular flexibility index (Phi) is 6.78. The lowest BCUT2D eigenvalue weighted by Gasteiger charge is -2.35. The topological polar surface area (TPSA) is 66.4 Å². The van der Waals surface area contributed by atoms with E-state index in [1.807, 2.05) is 4.90 Å². The minimum atomic E-state index is -4.48.